The molecular weight excluding hydrogens is 276 g/mol. The lowest BCUT2D eigenvalue weighted by molar-refractivity contribution is -0.144. The quantitative estimate of drug-likeness (QED) is 0.812. The van der Waals surface area contributed by atoms with Gasteiger partial charge in [-0.1, -0.05) is 37.3 Å². The fraction of sp³-hybridized carbons (Fsp3) is 0.267. The van der Waals surface area contributed by atoms with E-state index >= 15 is 0 Å². The Bertz CT molecular complexity index is 734. The van der Waals surface area contributed by atoms with Crippen LogP contribution >= 0.6 is 0 Å². The summed E-state index contributed by atoms with van der Waals surface area (Å²) >= 11 is 0. The molecule has 0 N–H and O–H groups in total. The van der Waals surface area contributed by atoms with Crippen LogP contribution in [0.1, 0.15) is 6.92 Å². The lowest BCUT2D eigenvalue weighted by Crippen LogP contribution is -2.22. The van der Waals surface area contributed by atoms with Crippen LogP contribution in [0.5, 0.6) is 0 Å². The molecule has 0 aromatic heterocycles. The smallest absolute Gasteiger partial charge is 0.309 e. The maximum Gasteiger partial charge on any atom is 0.309 e. The molecule has 20 heavy (non-hydrogen) atoms. The molecule has 0 spiro atoms. The Hall–Kier alpha value is -1.88. The molecule has 106 valence electrons. The number of rotatable bonds is 4. The molecule has 0 bridgehead atoms. The van der Waals surface area contributed by atoms with Gasteiger partial charge in [0, 0.05) is 0 Å². The highest BCUT2D eigenvalue weighted by molar-refractivity contribution is 7.91. The average molecular weight is 292 g/mol. The Labute approximate surface area is 118 Å². The molecule has 1 atom stereocenters. The molecule has 0 saturated heterocycles. The summed E-state index contributed by atoms with van der Waals surface area (Å²) in [5.41, 5.74) is 0. The van der Waals surface area contributed by atoms with E-state index in [1.54, 1.807) is 25.1 Å². The second-order valence-corrected chi connectivity index (χ2v) is 6.75. The summed E-state index contributed by atoms with van der Waals surface area (Å²) in [7, 11) is -2.26. The van der Waals surface area contributed by atoms with Gasteiger partial charge < -0.3 is 4.74 Å². The Balaban J connectivity index is 2.34. The first-order chi connectivity index (χ1) is 9.44. The summed E-state index contributed by atoms with van der Waals surface area (Å²) in [5, 5.41) is 1.84. The van der Waals surface area contributed by atoms with Gasteiger partial charge in [0.2, 0.25) is 0 Å². The zero-order valence-electron chi connectivity index (χ0n) is 11.4. The van der Waals surface area contributed by atoms with Gasteiger partial charge in [-0.2, -0.15) is 0 Å². The minimum absolute atomic E-state index is 0.229. The van der Waals surface area contributed by atoms with Crippen molar-refractivity contribution in [1.82, 2.24) is 0 Å². The summed E-state index contributed by atoms with van der Waals surface area (Å²) in [6.07, 6.45) is 0. The van der Waals surface area contributed by atoms with Crippen molar-refractivity contribution < 1.29 is 17.9 Å². The molecule has 0 aliphatic carbocycles. The van der Waals surface area contributed by atoms with E-state index in [-0.39, 0.29) is 10.6 Å². The van der Waals surface area contributed by atoms with E-state index in [2.05, 4.69) is 4.74 Å². The number of carbonyl (C=O) groups is 1. The summed E-state index contributed by atoms with van der Waals surface area (Å²) in [6, 6.07) is 12.5. The molecular formula is C15H16O4S. The first-order valence-corrected chi connectivity index (χ1v) is 7.88. The second kappa shape index (κ2) is 5.63. The Morgan fingerprint density at radius 1 is 1.15 bits per heavy atom. The summed E-state index contributed by atoms with van der Waals surface area (Å²) in [6.45, 7) is 1.55. The number of carbonyl (C=O) groups excluding carboxylic acids is 1. The predicted molar refractivity (Wildman–Crippen MR) is 77.2 cm³/mol. The van der Waals surface area contributed by atoms with Crippen molar-refractivity contribution in [2.75, 3.05) is 12.9 Å². The molecule has 0 unspecified atom stereocenters. The number of esters is 1. The largest absolute Gasteiger partial charge is 0.469 e. The zero-order valence-corrected chi connectivity index (χ0v) is 12.2. The van der Waals surface area contributed by atoms with E-state index in [9.17, 15) is 13.2 Å². The minimum atomic E-state index is -3.51. The van der Waals surface area contributed by atoms with Crippen LogP contribution in [0.15, 0.2) is 47.4 Å². The number of hydrogen-bond donors (Lipinski definition) is 0. The monoisotopic (exact) mass is 292 g/mol. The fourth-order valence-electron chi connectivity index (χ4n) is 2.06. The molecule has 4 nitrogen and oxygen atoms in total. The molecule has 0 aliphatic heterocycles. The Kier molecular flexibility index (Phi) is 4.09. The van der Waals surface area contributed by atoms with Gasteiger partial charge in [0.1, 0.15) is 0 Å². The van der Waals surface area contributed by atoms with Crippen molar-refractivity contribution in [3.05, 3.63) is 42.5 Å². The van der Waals surface area contributed by atoms with Crippen LogP contribution in [0.2, 0.25) is 0 Å². The minimum Gasteiger partial charge on any atom is -0.469 e. The topological polar surface area (TPSA) is 60.4 Å². The SMILES string of the molecule is COC(=O)[C@H](C)CS(=O)(=O)c1ccc2ccccc2c1. The highest BCUT2D eigenvalue weighted by Gasteiger charge is 2.23. The molecule has 2 aromatic rings. The van der Waals surface area contributed by atoms with Crippen LogP contribution in [-0.4, -0.2) is 27.2 Å². The van der Waals surface area contributed by atoms with Gasteiger partial charge in [-0.25, -0.2) is 8.42 Å². The van der Waals surface area contributed by atoms with Crippen LogP contribution in [0.25, 0.3) is 10.8 Å². The van der Waals surface area contributed by atoms with Crippen LogP contribution in [0, 0.1) is 5.92 Å². The summed E-state index contributed by atoms with van der Waals surface area (Å²) < 4.78 is 29.2. The maximum atomic E-state index is 12.3. The number of hydrogen-bond acceptors (Lipinski definition) is 4. The standard InChI is InChI=1S/C15H16O4S/c1-11(15(16)19-2)10-20(17,18)14-8-7-12-5-3-4-6-13(12)9-14/h3-9,11H,10H2,1-2H3/t11-/m1/s1. The van der Waals surface area contributed by atoms with E-state index in [1.165, 1.54) is 7.11 Å². The molecule has 2 aromatic carbocycles. The molecule has 0 aliphatic rings. The van der Waals surface area contributed by atoms with Crippen LogP contribution < -0.4 is 0 Å². The molecule has 0 amide bonds. The number of sulfone groups is 1. The van der Waals surface area contributed by atoms with E-state index in [0.717, 1.165) is 10.8 Å². The average Bonchev–Trinajstić information content (AvgIpc) is 2.45. The van der Waals surface area contributed by atoms with Crippen molar-refractivity contribution in [3.8, 4) is 0 Å². The van der Waals surface area contributed by atoms with Gasteiger partial charge in [-0.05, 0) is 22.9 Å². The Morgan fingerprint density at radius 2 is 1.80 bits per heavy atom. The van der Waals surface area contributed by atoms with E-state index < -0.39 is 21.7 Å². The van der Waals surface area contributed by atoms with Crippen LogP contribution in [0.4, 0.5) is 0 Å². The predicted octanol–water partition coefficient (Wildman–Crippen LogP) is 2.42. The van der Waals surface area contributed by atoms with Gasteiger partial charge in [-0.3, -0.25) is 4.79 Å². The Morgan fingerprint density at radius 3 is 2.45 bits per heavy atom. The highest BCUT2D eigenvalue weighted by Crippen LogP contribution is 2.21. The van der Waals surface area contributed by atoms with E-state index in [0.29, 0.717) is 0 Å². The molecule has 5 heteroatoms. The third kappa shape index (κ3) is 2.99. The summed E-state index contributed by atoms with van der Waals surface area (Å²) in [5.74, 6) is -1.45. The summed E-state index contributed by atoms with van der Waals surface area (Å²) in [4.78, 5) is 11.6. The molecule has 0 heterocycles. The van der Waals surface area contributed by atoms with Crippen molar-refractivity contribution in [3.63, 3.8) is 0 Å². The fourth-order valence-corrected chi connectivity index (χ4v) is 3.62. The molecule has 0 radical (unpaired) electrons. The highest BCUT2D eigenvalue weighted by atomic mass is 32.2. The number of methoxy groups -OCH3 is 1. The van der Waals surface area contributed by atoms with Gasteiger partial charge in [0.25, 0.3) is 0 Å². The van der Waals surface area contributed by atoms with Gasteiger partial charge in [0.05, 0.1) is 23.7 Å². The zero-order chi connectivity index (χ0) is 14.8. The lowest BCUT2D eigenvalue weighted by Gasteiger charge is -2.10. The molecule has 0 fully saturated rings. The van der Waals surface area contributed by atoms with Crippen molar-refractivity contribution in [2.24, 2.45) is 5.92 Å². The third-order valence-corrected chi connectivity index (χ3v) is 5.06. The molecule has 0 saturated carbocycles. The normalized spacial score (nSPS) is 13.1. The number of ether oxygens (including phenoxy) is 1. The second-order valence-electron chi connectivity index (χ2n) is 4.71. The van der Waals surface area contributed by atoms with Crippen molar-refractivity contribution in [2.45, 2.75) is 11.8 Å². The van der Waals surface area contributed by atoms with Gasteiger partial charge in [0.15, 0.2) is 9.84 Å². The number of benzene rings is 2. The third-order valence-electron chi connectivity index (χ3n) is 3.15. The van der Waals surface area contributed by atoms with E-state index in [4.69, 9.17) is 0 Å². The van der Waals surface area contributed by atoms with E-state index in [1.807, 2.05) is 24.3 Å². The van der Waals surface area contributed by atoms with Crippen molar-refractivity contribution in [1.29, 1.82) is 0 Å². The van der Waals surface area contributed by atoms with Gasteiger partial charge in [-0.15, -0.1) is 0 Å². The molecule has 2 rings (SSSR count). The van der Waals surface area contributed by atoms with Crippen molar-refractivity contribution >= 4 is 26.6 Å². The van der Waals surface area contributed by atoms with Gasteiger partial charge >= 0.3 is 5.97 Å². The van der Waals surface area contributed by atoms with Crippen LogP contribution in [0.3, 0.4) is 0 Å². The number of fused-ring (bicyclic) bond motifs is 1. The first-order valence-electron chi connectivity index (χ1n) is 6.23. The van der Waals surface area contributed by atoms with Crippen LogP contribution in [-0.2, 0) is 19.4 Å². The first kappa shape index (κ1) is 14.5. The lowest BCUT2D eigenvalue weighted by atomic mass is 10.1. The maximum absolute atomic E-state index is 12.3.